The fourth-order valence-corrected chi connectivity index (χ4v) is 3.79. The van der Waals surface area contributed by atoms with E-state index in [1.165, 1.54) is 5.57 Å². The van der Waals surface area contributed by atoms with E-state index in [1.807, 2.05) is 28.0 Å². The second kappa shape index (κ2) is 6.40. The van der Waals surface area contributed by atoms with Crippen LogP contribution < -0.4 is 4.90 Å². The van der Waals surface area contributed by atoms with Crippen molar-refractivity contribution in [2.24, 2.45) is 0 Å². The van der Waals surface area contributed by atoms with Gasteiger partial charge < -0.3 is 9.80 Å². The van der Waals surface area contributed by atoms with Gasteiger partial charge in [0.2, 0.25) is 12.3 Å². The zero-order valence-electron chi connectivity index (χ0n) is 14.7. The molecule has 1 aromatic carbocycles. The first-order chi connectivity index (χ1) is 11.4. The Morgan fingerprint density at radius 3 is 2.46 bits per heavy atom. The van der Waals surface area contributed by atoms with Gasteiger partial charge in [0.05, 0.1) is 11.2 Å². The van der Waals surface area contributed by atoms with Gasteiger partial charge >= 0.3 is 0 Å². The van der Waals surface area contributed by atoms with Crippen molar-refractivity contribution in [3.05, 3.63) is 35.9 Å². The van der Waals surface area contributed by atoms with Crippen molar-refractivity contribution < 1.29 is 9.59 Å². The number of amides is 2. The summed E-state index contributed by atoms with van der Waals surface area (Å²) in [6.07, 6.45) is 3.14. The molecule has 1 aromatic rings. The summed E-state index contributed by atoms with van der Waals surface area (Å²) >= 11 is 0. The van der Waals surface area contributed by atoms with Crippen LogP contribution in [0.3, 0.4) is 0 Å². The van der Waals surface area contributed by atoms with Crippen LogP contribution in [0.2, 0.25) is 0 Å². The summed E-state index contributed by atoms with van der Waals surface area (Å²) in [5.74, 6) is 0.0577. The third kappa shape index (κ3) is 3.08. The van der Waals surface area contributed by atoms with Crippen molar-refractivity contribution in [3.8, 4) is 0 Å². The number of carbonyl (C=O) groups excluding carboxylic acids is 2. The van der Waals surface area contributed by atoms with Crippen LogP contribution in [0.15, 0.2) is 30.3 Å². The largest absolute Gasteiger partial charge is 0.343 e. The molecule has 3 rings (SSSR count). The fraction of sp³-hybridized carbons (Fsp3) is 0.474. The Morgan fingerprint density at radius 1 is 1.17 bits per heavy atom. The topological polar surface area (TPSA) is 43.9 Å². The number of rotatable bonds is 3. The van der Waals surface area contributed by atoms with Crippen molar-refractivity contribution in [2.75, 3.05) is 37.6 Å². The Kier molecular flexibility index (Phi) is 4.45. The molecule has 1 fully saturated rings. The maximum absolute atomic E-state index is 12.2. The smallest absolute Gasteiger partial charge is 0.224 e. The minimum Gasteiger partial charge on any atom is -0.343 e. The Morgan fingerprint density at radius 2 is 1.83 bits per heavy atom. The van der Waals surface area contributed by atoms with Crippen LogP contribution >= 0.6 is 0 Å². The molecule has 0 bridgehead atoms. The third-order valence-corrected chi connectivity index (χ3v) is 4.86. The molecule has 5 heteroatoms. The highest BCUT2D eigenvalue weighted by Gasteiger charge is 2.35. The van der Waals surface area contributed by atoms with Gasteiger partial charge in [0.15, 0.2) is 0 Å². The Labute approximate surface area is 143 Å². The summed E-state index contributed by atoms with van der Waals surface area (Å²) in [6, 6.07) is 8.12. The van der Waals surface area contributed by atoms with Crippen LogP contribution in [0.4, 0.5) is 5.69 Å². The lowest BCUT2D eigenvalue weighted by Gasteiger charge is -2.42. The summed E-state index contributed by atoms with van der Waals surface area (Å²) in [6.45, 7) is 9.95. The lowest BCUT2D eigenvalue weighted by Crippen LogP contribution is -2.49. The predicted octanol–water partition coefficient (Wildman–Crippen LogP) is 1.99. The lowest BCUT2D eigenvalue weighted by atomic mass is 9.87. The minimum atomic E-state index is -0.347. The van der Waals surface area contributed by atoms with Crippen LogP contribution in [-0.4, -0.2) is 60.4 Å². The molecule has 5 nitrogen and oxygen atoms in total. The summed E-state index contributed by atoms with van der Waals surface area (Å²) in [4.78, 5) is 29.1. The molecule has 0 unspecified atom stereocenters. The second-order valence-corrected chi connectivity index (χ2v) is 7.11. The molecule has 128 valence electrons. The van der Waals surface area contributed by atoms with Crippen LogP contribution in [0.1, 0.15) is 26.3 Å². The first-order valence-corrected chi connectivity index (χ1v) is 8.46. The van der Waals surface area contributed by atoms with E-state index >= 15 is 0 Å². The van der Waals surface area contributed by atoms with Gasteiger partial charge in [0, 0.05) is 45.2 Å². The fourth-order valence-electron chi connectivity index (χ4n) is 3.79. The quantitative estimate of drug-likeness (QED) is 0.798. The van der Waals surface area contributed by atoms with E-state index in [-0.39, 0.29) is 11.4 Å². The Hall–Kier alpha value is -2.14. The molecule has 1 saturated heterocycles. The van der Waals surface area contributed by atoms with Crippen molar-refractivity contribution in [1.29, 1.82) is 0 Å². The number of benzene rings is 1. The van der Waals surface area contributed by atoms with Gasteiger partial charge in [-0.3, -0.25) is 14.5 Å². The number of anilines is 1. The number of hydrogen-bond acceptors (Lipinski definition) is 3. The second-order valence-electron chi connectivity index (χ2n) is 7.11. The van der Waals surface area contributed by atoms with Crippen LogP contribution in [0, 0.1) is 0 Å². The average Bonchev–Trinajstić information content (AvgIpc) is 2.54. The highest BCUT2D eigenvalue weighted by molar-refractivity contribution is 5.99. The molecule has 0 radical (unpaired) electrons. The van der Waals surface area contributed by atoms with Crippen molar-refractivity contribution in [2.45, 2.75) is 26.3 Å². The summed E-state index contributed by atoms with van der Waals surface area (Å²) in [5, 5.41) is 0. The first-order valence-electron chi connectivity index (χ1n) is 8.46. The molecule has 2 aliphatic rings. The number of hydrogen-bond donors (Lipinski definition) is 0. The van der Waals surface area contributed by atoms with Crippen LogP contribution in [-0.2, 0) is 9.59 Å². The van der Waals surface area contributed by atoms with Crippen LogP contribution in [0.25, 0.3) is 5.57 Å². The van der Waals surface area contributed by atoms with Gasteiger partial charge in [0.25, 0.3) is 0 Å². The molecule has 0 spiro atoms. The van der Waals surface area contributed by atoms with Crippen LogP contribution in [0.5, 0.6) is 0 Å². The number of carbonyl (C=O) groups is 2. The summed E-state index contributed by atoms with van der Waals surface area (Å²) in [5.41, 5.74) is 3.02. The number of piperazine rings is 1. The molecule has 0 N–H and O–H groups in total. The van der Waals surface area contributed by atoms with E-state index in [1.54, 1.807) is 6.92 Å². The molecule has 24 heavy (non-hydrogen) atoms. The molecule has 0 atom stereocenters. The van der Waals surface area contributed by atoms with E-state index in [4.69, 9.17) is 0 Å². The molecular formula is C19H25N3O2. The van der Waals surface area contributed by atoms with E-state index in [2.05, 4.69) is 30.9 Å². The Balaban J connectivity index is 1.88. The molecule has 2 aliphatic heterocycles. The SMILES string of the molecule is CC(=O)N1c2ccccc2C(CN2CCN(C=O)CC2)=CC1(C)C. The van der Waals surface area contributed by atoms with Gasteiger partial charge in [-0.05, 0) is 25.5 Å². The van der Waals surface area contributed by atoms with Gasteiger partial charge in [-0.25, -0.2) is 0 Å². The predicted molar refractivity (Wildman–Crippen MR) is 95.7 cm³/mol. The number of fused-ring (bicyclic) bond motifs is 1. The summed E-state index contributed by atoms with van der Waals surface area (Å²) in [7, 11) is 0. The zero-order valence-corrected chi connectivity index (χ0v) is 14.7. The number of nitrogens with zero attached hydrogens (tertiary/aromatic N) is 3. The molecule has 2 heterocycles. The van der Waals surface area contributed by atoms with Crippen molar-refractivity contribution in [3.63, 3.8) is 0 Å². The Bertz CT molecular complexity index is 673. The van der Waals surface area contributed by atoms with Gasteiger partial charge in [-0.2, -0.15) is 0 Å². The zero-order chi connectivity index (χ0) is 17.3. The monoisotopic (exact) mass is 327 g/mol. The highest BCUT2D eigenvalue weighted by Crippen LogP contribution is 2.39. The third-order valence-electron chi connectivity index (χ3n) is 4.86. The van der Waals surface area contributed by atoms with Gasteiger partial charge in [-0.1, -0.05) is 24.3 Å². The highest BCUT2D eigenvalue weighted by atomic mass is 16.2. The number of para-hydroxylation sites is 1. The maximum atomic E-state index is 12.2. The van der Waals surface area contributed by atoms with Crippen molar-refractivity contribution >= 4 is 23.6 Å². The molecule has 0 aliphatic carbocycles. The summed E-state index contributed by atoms with van der Waals surface area (Å²) < 4.78 is 0. The van der Waals surface area contributed by atoms with Gasteiger partial charge in [0.1, 0.15) is 0 Å². The average molecular weight is 327 g/mol. The normalized spacial score (nSPS) is 20.4. The van der Waals surface area contributed by atoms with Crippen molar-refractivity contribution in [1.82, 2.24) is 9.80 Å². The molecule has 0 aromatic heterocycles. The van der Waals surface area contributed by atoms with E-state index < -0.39 is 0 Å². The standard InChI is InChI=1S/C19H25N3O2/c1-15(24)22-18-7-5-4-6-17(18)16(12-19(22,2)3)13-20-8-10-21(14-23)11-9-20/h4-7,12,14H,8-11,13H2,1-3H3. The van der Waals surface area contributed by atoms with E-state index in [0.717, 1.165) is 50.4 Å². The molecular weight excluding hydrogens is 302 g/mol. The lowest BCUT2D eigenvalue weighted by molar-refractivity contribution is -0.119. The molecule has 2 amide bonds. The maximum Gasteiger partial charge on any atom is 0.224 e. The molecule has 0 saturated carbocycles. The van der Waals surface area contributed by atoms with E-state index in [9.17, 15) is 9.59 Å². The minimum absolute atomic E-state index is 0.0577. The van der Waals surface area contributed by atoms with E-state index in [0.29, 0.717) is 0 Å². The van der Waals surface area contributed by atoms with Gasteiger partial charge in [-0.15, -0.1) is 0 Å². The first kappa shape index (κ1) is 16.7.